The highest BCUT2D eigenvalue weighted by Gasteiger charge is 2.12. The number of rotatable bonds is 2. The number of hydrogen-bond donors (Lipinski definition) is 1. The molecule has 0 aliphatic carbocycles. The van der Waals surface area contributed by atoms with Crippen LogP contribution in [0.25, 0.3) is 0 Å². The third kappa shape index (κ3) is 2.64. The summed E-state index contributed by atoms with van der Waals surface area (Å²) in [5.41, 5.74) is 0.926. The molecule has 0 amide bonds. The van der Waals surface area contributed by atoms with E-state index in [2.05, 4.69) is 15.3 Å². The molecule has 0 saturated carbocycles. The van der Waals surface area contributed by atoms with E-state index >= 15 is 0 Å². The van der Waals surface area contributed by atoms with E-state index in [1.165, 1.54) is 0 Å². The maximum absolute atomic E-state index is 8.89. The van der Waals surface area contributed by atoms with Crippen LogP contribution in [0.2, 0.25) is 5.15 Å². The van der Waals surface area contributed by atoms with Gasteiger partial charge in [-0.1, -0.05) is 11.6 Å². The Morgan fingerprint density at radius 3 is 2.05 bits per heavy atom. The molecule has 6 nitrogen and oxygen atoms in total. The molecule has 0 atom stereocenters. The van der Waals surface area contributed by atoms with Gasteiger partial charge in [0.1, 0.15) is 12.1 Å². The van der Waals surface area contributed by atoms with Crippen LogP contribution in [0, 0.1) is 34.0 Å². The van der Waals surface area contributed by atoms with Gasteiger partial charge < -0.3 is 5.32 Å². The zero-order valence-corrected chi connectivity index (χ0v) is 10.7. The first-order valence-electron chi connectivity index (χ1n) is 5.33. The summed E-state index contributed by atoms with van der Waals surface area (Å²) in [5, 5.41) is 29.3. The van der Waals surface area contributed by atoms with E-state index in [9.17, 15) is 0 Å². The predicted molar refractivity (Wildman–Crippen MR) is 70.9 cm³/mol. The fraction of sp³-hybridized carbons (Fsp3) is 0. The molecule has 0 radical (unpaired) electrons. The van der Waals surface area contributed by atoms with E-state index in [4.69, 9.17) is 27.4 Å². The SMILES string of the molecule is N#Cc1ccc(Nc2nc(C#N)c(C#N)nc2Cl)cc1. The fourth-order valence-electron chi connectivity index (χ4n) is 1.42. The second kappa shape index (κ2) is 5.67. The van der Waals surface area contributed by atoms with Crippen LogP contribution in [0.4, 0.5) is 11.5 Å². The van der Waals surface area contributed by atoms with Crippen molar-refractivity contribution in [3.05, 3.63) is 46.4 Å². The van der Waals surface area contributed by atoms with E-state index in [1.54, 1.807) is 36.4 Å². The van der Waals surface area contributed by atoms with Gasteiger partial charge in [0.25, 0.3) is 0 Å². The number of benzene rings is 1. The second-order valence-corrected chi connectivity index (χ2v) is 3.96. The number of hydrogen-bond acceptors (Lipinski definition) is 6. The normalized spacial score (nSPS) is 9.10. The number of nitrogens with one attached hydrogen (secondary N) is 1. The predicted octanol–water partition coefficient (Wildman–Crippen LogP) is 2.49. The summed E-state index contributed by atoms with van der Waals surface area (Å²) >= 11 is 5.90. The molecule has 0 aliphatic heterocycles. The number of aromatic nitrogens is 2. The van der Waals surface area contributed by atoms with Gasteiger partial charge >= 0.3 is 0 Å². The minimum atomic E-state index is -0.122. The average Bonchev–Trinajstić information content (AvgIpc) is 2.49. The third-order valence-corrected chi connectivity index (χ3v) is 2.61. The van der Waals surface area contributed by atoms with E-state index in [0.717, 1.165) is 0 Å². The molecule has 1 aromatic carbocycles. The molecular weight excluding hydrogens is 276 g/mol. The summed E-state index contributed by atoms with van der Waals surface area (Å²) in [6.45, 7) is 0. The second-order valence-electron chi connectivity index (χ2n) is 3.60. The Morgan fingerprint density at radius 2 is 1.50 bits per heavy atom. The molecule has 20 heavy (non-hydrogen) atoms. The largest absolute Gasteiger partial charge is 0.338 e. The molecule has 0 aliphatic rings. The van der Waals surface area contributed by atoms with Crippen molar-refractivity contribution in [3.63, 3.8) is 0 Å². The van der Waals surface area contributed by atoms with Crippen LogP contribution in [-0.4, -0.2) is 9.97 Å². The van der Waals surface area contributed by atoms with Crippen molar-refractivity contribution in [1.29, 1.82) is 15.8 Å². The van der Waals surface area contributed by atoms with Crippen molar-refractivity contribution < 1.29 is 0 Å². The van der Waals surface area contributed by atoms with Gasteiger partial charge in [-0.05, 0) is 24.3 Å². The number of nitrogens with zero attached hydrogens (tertiary/aromatic N) is 5. The first-order chi connectivity index (χ1) is 9.67. The molecule has 0 spiro atoms. The first-order valence-corrected chi connectivity index (χ1v) is 5.70. The van der Waals surface area contributed by atoms with E-state index in [0.29, 0.717) is 11.3 Å². The summed E-state index contributed by atoms with van der Waals surface area (Å²) < 4.78 is 0. The third-order valence-electron chi connectivity index (χ3n) is 2.34. The molecule has 1 aromatic heterocycles. The lowest BCUT2D eigenvalue weighted by Crippen LogP contribution is -2.01. The van der Waals surface area contributed by atoms with Gasteiger partial charge in [-0.3, -0.25) is 0 Å². The van der Waals surface area contributed by atoms with Gasteiger partial charge in [-0.15, -0.1) is 0 Å². The molecular formula is C13H5ClN6. The molecule has 2 rings (SSSR count). The van der Waals surface area contributed by atoms with E-state index in [-0.39, 0.29) is 22.4 Å². The van der Waals surface area contributed by atoms with Crippen molar-refractivity contribution in [2.75, 3.05) is 5.32 Å². The summed E-state index contributed by atoms with van der Waals surface area (Å²) in [4.78, 5) is 7.74. The Balaban J connectivity index is 2.37. The van der Waals surface area contributed by atoms with Gasteiger partial charge in [0.2, 0.25) is 0 Å². The lowest BCUT2D eigenvalue weighted by molar-refractivity contribution is 1.13. The molecule has 0 bridgehead atoms. The maximum Gasteiger partial charge on any atom is 0.179 e. The van der Waals surface area contributed by atoms with Crippen LogP contribution >= 0.6 is 11.6 Å². The van der Waals surface area contributed by atoms with Crippen molar-refractivity contribution in [2.45, 2.75) is 0 Å². The highest BCUT2D eigenvalue weighted by Crippen LogP contribution is 2.23. The van der Waals surface area contributed by atoms with Gasteiger partial charge in [0.15, 0.2) is 22.4 Å². The summed E-state index contributed by atoms with van der Waals surface area (Å²) in [7, 11) is 0. The van der Waals surface area contributed by atoms with Crippen LogP contribution in [0.1, 0.15) is 17.0 Å². The Labute approximate surface area is 119 Å². The smallest absolute Gasteiger partial charge is 0.179 e. The van der Waals surface area contributed by atoms with Gasteiger partial charge in [-0.25, -0.2) is 9.97 Å². The zero-order chi connectivity index (χ0) is 14.5. The Hall–Kier alpha value is -3.14. The molecule has 2 aromatic rings. The molecule has 1 N–H and O–H groups in total. The van der Waals surface area contributed by atoms with Crippen LogP contribution in [0.15, 0.2) is 24.3 Å². The standard InChI is InChI=1S/C13H5ClN6/c14-12-13(20-11(7-17)10(6-16)19-12)18-9-3-1-8(5-15)2-4-9/h1-4H,(H,18,20). The van der Waals surface area contributed by atoms with Crippen molar-refractivity contribution in [1.82, 2.24) is 9.97 Å². The lowest BCUT2D eigenvalue weighted by Gasteiger charge is -2.07. The minimum Gasteiger partial charge on any atom is -0.338 e. The van der Waals surface area contributed by atoms with E-state index in [1.807, 2.05) is 6.07 Å². The van der Waals surface area contributed by atoms with Crippen molar-refractivity contribution in [2.24, 2.45) is 0 Å². The molecule has 0 saturated heterocycles. The van der Waals surface area contributed by atoms with Crippen LogP contribution in [-0.2, 0) is 0 Å². The van der Waals surface area contributed by atoms with Crippen LogP contribution in [0.5, 0.6) is 0 Å². The van der Waals surface area contributed by atoms with Crippen LogP contribution in [0.3, 0.4) is 0 Å². The lowest BCUT2D eigenvalue weighted by atomic mass is 10.2. The molecule has 0 unspecified atom stereocenters. The highest BCUT2D eigenvalue weighted by atomic mass is 35.5. The Bertz CT molecular complexity index is 777. The Morgan fingerprint density at radius 1 is 0.900 bits per heavy atom. The highest BCUT2D eigenvalue weighted by molar-refractivity contribution is 6.31. The number of nitriles is 3. The summed E-state index contributed by atoms with van der Waals surface area (Å²) in [6.07, 6.45) is 0. The van der Waals surface area contributed by atoms with Gasteiger partial charge in [-0.2, -0.15) is 15.8 Å². The average molecular weight is 281 g/mol. The fourth-order valence-corrected chi connectivity index (χ4v) is 1.59. The van der Waals surface area contributed by atoms with Crippen molar-refractivity contribution >= 4 is 23.1 Å². The maximum atomic E-state index is 8.89. The molecule has 94 valence electrons. The van der Waals surface area contributed by atoms with E-state index < -0.39 is 0 Å². The van der Waals surface area contributed by atoms with Gasteiger partial charge in [0.05, 0.1) is 11.6 Å². The van der Waals surface area contributed by atoms with Crippen molar-refractivity contribution in [3.8, 4) is 18.2 Å². The first kappa shape index (κ1) is 13.3. The monoisotopic (exact) mass is 280 g/mol. The minimum absolute atomic E-state index is 0.00934. The quantitative estimate of drug-likeness (QED) is 0.905. The molecule has 1 heterocycles. The summed E-state index contributed by atoms with van der Waals surface area (Å²) in [5.74, 6) is 0.173. The Kier molecular flexibility index (Phi) is 3.77. The topological polar surface area (TPSA) is 109 Å². The molecule has 0 fully saturated rings. The zero-order valence-electron chi connectivity index (χ0n) is 9.92. The number of halogens is 1. The summed E-state index contributed by atoms with van der Waals surface area (Å²) in [6, 6.07) is 12.1. The number of anilines is 2. The van der Waals surface area contributed by atoms with Crippen LogP contribution < -0.4 is 5.32 Å². The molecule has 7 heteroatoms. The van der Waals surface area contributed by atoms with Gasteiger partial charge in [0, 0.05) is 5.69 Å².